The molecule has 1 aromatic rings. The molecule has 1 fully saturated rings. The third-order valence-electron chi connectivity index (χ3n) is 3.32. The molecule has 0 spiro atoms. The van der Waals surface area contributed by atoms with Crippen molar-refractivity contribution in [2.75, 3.05) is 30.4 Å². The topological polar surface area (TPSA) is 84.3 Å². The SMILES string of the molecule is CN1CCS(=O)(=O)CC1CC(=O)Nc1nccn1C. The summed E-state index contributed by atoms with van der Waals surface area (Å²) in [4.78, 5) is 17.8. The van der Waals surface area contributed by atoms with Crippen LogP contribution in [0.4, 0.5) is 5.95 Å². The lowest BCUT2D eigenvalue weighted by atomic mass is 10.2. The van der Waals surface area contributed by atoms with Crippen molar-refractivity contribution in [3.8, 4) is 0 Å². The Labute approximate surface area is 112 Å². The van der Waals surface area contributed by atoms with Crippen molar-refractivity contribution in [1.82, 2.24) is 14.5 Å². The predicted octanol–water partition coefficient (Wildman–Crippen LogP) is -0.522. The van der Waals surface area contributed by atoms with Crippen LogP contribution in [0.5, 0.6) is 0 Å². The number of aryl methyl sites for hydroxylation is 1. The van der Waals surface area contributed by atoms with E-state index in [1.807, 2.05) is 11.9 Å². The van der Waals surface area contributed by atoms with Crippen molar-refractivity contribution in [3.63, 3.8) is 0 Å². The number of imidazole rings is 1. The predicted molar refractivity (Wildman–Crippen MR) is 71.5 cm³/mol. The number of nitrogens with one attached hydrogen (secondary N) is 1. The molecule has 106 valence electrons. The summed E-state index contributed by atoms with van der Waals surface area (Å²) < 4.78 is 24.9. The minimum atomic E-state index is -3.02. The maximum Gasteiger partial charge on any atom is 0.228 e. The third kappa shape index (κ3) is 3.54. The van der Waals surface area contributed by atoms with Crippen LogP contribution < -0.4 is 5.32 Å². The van der Waals surface area contributed by atoms with Gasteiger partial charge in [-0.15, -0.1) is 0 Å². The third-order valence-corrected chi connectivity index (χ3v) is 5.02. The number of anilines is 1. The van der Waals surface area contributed by atoms with Crippen molar-refractivity contribution in [3.05, 3.63) is 12.4 Å². The summed E-state index contributed by atoms with van der Waals surface area (Å²) in [5.74, 6) is 0.452. The van der Waals surface area contributed by atoms with Crippen molar-refractivity contribution in [2.45, 2.75) is 12.5 Å². The Bertz CT molecular complexity index is 566. The summed E-state index contributed by atoms with van der Waals surface area (Å²) in [5, 5.41) is 2.68. The minimum Gasteiger partial charge on any atom is -0.320 e. The highest BCUT2D eigenvalue weighted by atomic mass is 32.2. The van der Waals surface area contributed by atoms with Crippen LogP contribution >= 0.6 is 0 Å². The molecule has 0 aliphatic carbocycles. The summed E-state index contributed by atoms with van der Waals surface area (Å²) >= 11 is 0. The zero-order valence-electron chi connectivity index (χ0n) is 11.0. The number of carbonyl (C=O) groups excluding carboxylic acids is 1. The van der Waals surface area contributed by atoms with E-state index < -0.39 is 9.84 Å². The number of amides is 1. The molecule has 2 heterocycles. The standard InChI is InChI=1S/C11H18N4O3S/c1-14-5-6-19(17,18)8-9(14)7-10(16)13-11-12-3-4-15(11)2/h3-4,9H,5-8H2,1-2H3,(H,12,13,16). The first-order valence-electron chi connectivity index (χ1n) is 6.05. The molecule has 0 radical (unpaired) electrons. The maximum absolute atomic E-state index is 11.9. The quantitative estimate of drug-likeness (QED) is 0.808. The highest BCUT2D eigenvalue weighted by molar-refractivity contribution is 7.91. The van der Waals surface area contributed by atoms with Gasteiger partial charge in [-0.2, -0.15) is 0 Å². The second kappa shape index (κ2) is 5.30. The van der Waals surface area contributed by atoms with Crippen molar-refractivity contribution in [2.24, 2.45) is 7.05 Å². The normalized spacial score (nSPS) is 23.2. The van der Waals surface area contributed by atoms with Crippen LogP contribution in [0, 0.1) is 0 Å². The number of sulfone groups is 1. The van der Waals surface area contributed by atoms with Crippen LogP contribution in [0.15, 0.2) is 12.4 Å². The average Bonchev–Trinajstić information content (AvgIpc) is 2.69. The Hall–Kier alpha value is -1.41. The van der Waals surface area contributed by atoms with Crippen LogP contribution in [-0.4, -0.2) is 59.9 Å². The number of aromatic nitrogens is 2. The molecule has 1 aliphatic rings. The highest BCUT2D eigenvalue weighted by Crippen LogP contribution is 2.13. The van der Waals surface area contributed by atoms with Gasteiger partial charge in [0.2, 0.25) is 11.9 Å². The lowest BCUT2D eigenvalue weighted by Gasteiger charge is -2.31. The molecule has 0 aromatic carbocycles. The summed E-state index contributed by atoms with van der Waals surface area (Å²) in [5.41, 5.74) is 0. The highest BCUT2D eigenvalue weighted by Gasteiger charge is 2.30. The molecule has 0 saturated carbocycles. The smallest absolute Gasteiger partial charge is 0.228 e. The first kappa shape index (κ1) is 14.0. The first-order chi connectivity index (χ1) is 8.87. The molecule has 1 N–H and O–H groups in total. The van der Waals surface area contributed by atoms with E-state index in [0.29, 0.717) is 12.5 Å². The summed E-state index contributed by atoms with van der Waals surface area (Å²) in [6.45, 7) is 0.475. The summed E-state index contributed by atoms with van der Waals surface area (Å²) in [7, 11) is 0.595. The van der Waals surface area contributed by atoms with Crippen LogP contribution in [0.25, 0.3) is 0 Å². The van der Waals surface area contributed by atoms with Gasteiger partial charge in [0.15, 0.2) is 9.84 Å². The number of carbonyl (C=O) groups is 1. The molecule has 2 rings (SSSR count). The molecule has 8 heteroatoms. The van der Waals surface area contributed by atoms with E-state index in [9.17, 15) is 13.2 Å². The molecule has 1 aliphatic heterocycles. The van der Waals surface area contributed by atoms with Crippen molar-refractivity contribution < 1.29 is 13.2 Å². The van der Waals surface area contributed by atoms with Crippen LogP contribution in [0.1, 0.15) is 6.42 Å². The van der Waals surface area contributed by atoms with E-state index in [0.717, 1.165) is 0 Å². The monoisotopic (exact) mass is 286 g/mol. The molecule has 1 unspecified atom stereocenters. The van der Waals surface area contributed by atoms with Gasteiger partial charge in [0, 0.05) is 38.4 Å². The molecular formula is C11H18N4O3S. The van der Waals surface area contributed by atoms with Gasteiger partial charge >= 0.3 is 0 Å². The second-order valence-corrected chi connectivity index (χ2v) is 7.09. The van der Waals surface area contributed by atoms with Crippen LogP contribution in [-0.2, 0) is 21.7 Å². The Morgan fingerprint density at radius 1 is 1.53 bits per heavy atom. The Balaban J connectivity index is 1.96. The number of nitrogens with zero attached hydrogens (tertiary/aromatic N) is 3. The van der Waals surface area contributed by atoms with Gasteiger partial charge in [0.25, 0.3) is 0 Å². The molecule has 1 amide bonds. The fourth-order valence-electron chi connectivity index (χ4n) is 2.06. The fraction of sp³-hybridized carbons (Fsp3) is 0.636. The van der Waals surface area contributed by atoms with E-state index in [1.165, 1.54) is 0 Å². The lowest BCUT2D eigenvalue weighted by molar-refractivity contribution is -0.117. The second-order valence-electron chi connectivity index (χ2n) is 4.86. The number of rotatable bonds is 3. The zero-order chi connectivity index (χ0) is 14.0. The van der Waals surface area contributed by atoms with E-state index in [-0.39, 0.29) is 29.9 Å². The Morgan fingerprint density at radius 2 is 2.26 bits per heavy atom. The molecule has 1 atom stereocenters. The van der Waals surface area contributed by atoms with Gasteiger partial charge < -0.3 is 9.47 Å². The largest absolute Gasteiger partial charge is 0.320 e. The molecule has 19 heavy (non-hydrogen) atoms. The van der Waals surface area contributed by atoms with Crippen LogP contribution in [0.2, 0.25) is 0 Å². The van der Waals surface area contributed by atoms with Gasteiger partial charge in [0.1, 0.15) is 0 Å². The maximum atomic E-state index is 11.9. The molecule has 7 nitrogen and oxygen atoms in total. The van der Waals surface area contributed by atoms with Gasteiger partial charge in [-0.25, -0.2) is 13.4 Å². The van der Waals surface area contributed by atoms with Crippen molar-refractivity contribution in [1.29, 1.82) is 0 Å². The van der Waals surface area contributed by atoms with Gasteiger partial charge in [0.05, 0.1) is 11.5 Å². The van der Waals surface area contributed by atoms with E-state index in [1.54, 1.807) is 24.0 Å². The number of hydrogen-bond acceptors (Lipinski definition) is 5. The fourth-order valence-corrected chi connectivity index (χ4v) is 3.75. The average molecular weight is 286 g/mol. The minimum absolute atomic E-state index is 0.0392. The van der Waals surface area contributed by atoms with E-state index in [4.69, 9.17) is 0 Å². The van der Waals surface area contributed by atoms with Gasteiger partial charge in [-0.1, -0.05) is 0 Å². The zero-order valence-corrected chi connectivity index (χ0v) is 11.9. The molecule has 1 aromatic heterocycles. The Morgan fingerprint density at radius 3 is 2.89 bits per heavy atom. The molecule has 1 saturated heterocycles. The van der Waals surface area contributed by atoms with Crippen LogP contribution in [0.3, 0.4) is 0 Å². The Kier molecular flexibility index (Phi) is 3.91. The summed E-state index contributed by atoms with van der Waals surface area (Å²) in [6, 6.07) is -0.265. The van der Waals surface area contributed by atoms with Gasteiger partial charge in [-0.05, 0) is 7.05 Å². The van der Waals surface area contributed by atoms with Crippen molar-refractivity contribution >= 4 is 21.7 Å². The van der Waals surface area contributed by atoms with E-state index >= 15 is 0 Å². The van der Waals surface area contributed by atoms with E-state index in [2.05, 4.69) is 10.3 Å². The lowest BCUT2D eigenvalue weighted by Crippen LogP contribution is -2.47. The number of hydrogen-bond donors (Lipinski definition) is 1. The van der Waals surface area contributed by atoms with Gasteiger partial charge in [-0.3, -0.25) is 10.1 Å². The first-order valence-corrected chi connectivity index (χ1v) is 7.87. The molecular weight excluding hydrogens is 268 g/mol. The molecule has 0 bridgehead atoms. The summed E-state index contributed by atoms with van der Waals surface area (Å²) in [6.07, 6.45) is 3.47.